The van der Waals surface area contributed by atoms with Gasteiger partial charge < -0.3 is 14.9 Å². The first-order chi connectivity index (χ1) is 9.10. The second-order valence-electron chi connectivity index (χ2n) is 5.14. The highest BCUT2D eigenvalue weighted by Crippen LogP contribution is 2.27. The number of hydrogen-bond donors (Lipinski definition) is 3. The molecular formula is C14H17NO5. The number of carboxylic acid groups (broad SMARTS) is 1. The molecule has 3 N–H and O–H groups in total. The standard InChI is InChI=1S/C14H17NO5/c1-8(12(17)18)10-6-5-9(7-11(10)16)15-13(19)20-14(2,3)4/h5-7,16H,1H2,2-4H3,(H,15,19)(H,17,18). The van der Waals surface area contributed by atoms with E-state index in [4.69, 9.17) is 9.84 Å². The van der Waals surface area contributed by atoms with Gasteiger partial charge in [-0.25, -0.2) is 9.59 Å². The van der Waals surface area contributed by atoms with Crippen LogP contribution in [0.4, 0.5) is 10.5 Å². The molecule has 0 spiro atoms. The Labute approximate surface area is 116 Å². The maximum Gasteiger partial charge on any atom is 0.412 e. The second kappa shape index (κ2) is 5.64. The van der Waals surface area contributed by atoms with Crippen LogP contribution in [-0.4, -0.2) is 27.9 Å². The lowest BCUT2D eigenvalue weighted by Crippen LogP contribution is -2.27. The third kappa shape index (κ3) is 4.31. The molecular weight excluding hydrogens is 262 g/mol. The zero-order chi connectivity index (χ0) is 15.5. The Morgan fingerprint density at radius 3 is 2.35 bits per heavy atom. The smallest absolute Gasteiger partial charge is 0.412 e. The van der Waals surface area contributed by atoms with Crippen molar-refractivity contribution in [2.75, 3.05) is 5.32 Å². The highest BCUT2D eigenvalue weighted by Gasteiger charge is 2.17. The summed E-state index contributed by atoms with van der Waals surface area (Å²) in [4.78, 5) is 22.3. The van der Waals surface area contributed by atoms with Crippen molar-refractivity contribution in [3.05, 3.63) is 30.3 Å². The summed E-state index contributed by atoms with van der Waals surface area (Å²) in [7, 11) is 0. The highest BCUT2D eigenvalue weighted by molar-refractivity contribution is 6.15. The summed E-state index contributed by atoms with van der Waals surface area (Å²) in [6.07, 6.45) is -0.665. The van der Waals surface area contributed by atoms with E-state index < -0.39 is 17.7 Å². The van der Waals surface area contributed by atoms with Crippen LogP contribution < -0.4 is 5.32 Å². The van der Waals surface area contributed by atoms with Crippen LogP contribution in [0.25, 0.3) is 5.57 Å². The molecule has 0 aliphatic carbocycles. The fraction of sp³-hybridized carbons (Fsp3) is 0.286. The Bertz CT molecular complexity index is 557. The number of aliphatic carboxylic acids is 1. The molecule has 0 saturated heterocycles. The zero-order valence-corrected chi connectivity index (χ0v) is 11.6. The van der Waals surface area contributed by atoms with Crippen LogP contribution in [0.3, 0.4) is 0 Å². The van der Waals surface area contributed by atoms with Gasteiger partial charge in [-0.05, 0) is 32.9 Å². The lowest BCUT2D eigenvalue weighted by atomic mass is 10.1. The number of ether oxygens (including phenoxy) is 1. The number of hydrogen-bond acceptors (Lipinski definition) is 4. The predicted octanol–water partition coefficient (Wildman–Crippen LogP) is 2.84. The van der Waals surface area contributed by atoms with Gasteiger partial charge in [0, 0.05) is 17.3 Å². The van der Waals surface area contributed by atoms with Gasteiger partial charge in [-0.15, -0.1) is 0 Å². The number of amides is 1. The molecule has 0 saturated carbocycles. The molecule has 0 heterocycles. The van der Waals surface area contributed by atoms with E-state index in [2.05, 4.69) is 11.9 Å². The number of carbonyl (C=O) groups is 2. The molecule has 0 aliphatic heterocycles. The third-order valence-electron chi connectivity index (χ3n) is 2.23. The molecule has 6 heteroatoms. The molecule has 1 rings (SSSR count). The summed E-state index contributed by atoms with van der Waals surface area (Å²) in [5.74, 6) is -1.51. The van der Waals surface area contributed by atoms with E-state index in [1.807, 2.05) is 0 Å². The van der Waals surface area contributed by atoms with E-state index in [1.54, 1.807) is 20.8 Å². The fourth-order valence-corrected chi connectivity index (χ4v) is 1.40. The van der Waals surface area contributed by atoms with Crippen LogP contribution in [-0.2, 0) is 9.53 Å². The number of rotatable bonds is 3. The summed E-state index contributed by atoms with van der Waals surface area (Å²) in [6.45, 7) is 8.53. The number of phenols is 1. The quantitative estimate of drug-likeness (QED) is 0.739. The highest BCUT2D eigenvalue weighted by atomic mass is 16.6. The molecule has 0 atom stereocenters. The van der Waals surface area contributed by atoms with E-state index in [-0.39, 0.29) is 16.9 Å². The SMILES string of the molecule is C=C(C(=O)O)c1ccc(NC(=O)OC(C)(C)C)cc1O. The van der Waals surface area contributed by atoms with E-state index in [0.717, 1.165) is 0 Å². The Hall–Kier alpha value is -2.50. The lowest BCUT2D eigenvalue weighted by Gasteiger charge is -2.19. The Morgan fingerprint density at radius 1 is 1.30 bits per heavy atom. The first-order valence-corrected chi connectivity index (χ1v) is 5.86. The van der Waals surface area contributed by atoms with E-state index in [0.29, 0.717) is 5.69 Å². The second-order valence-corrected chi connectivity index (χ2v) is 5.14. The van der Waals surface area contributed by atoms with Crippen molar-refractivity contribution in [1.29, 1.82) is 0 Å². The average Bonchev–Trinajstić information content (AvgIpc) is 2.25. The van der Waals surface area contributed by atoms with Crippen LogP contribution in [0.5, 0.6) is 5.75 Å². The van der Waals surface area contributed by atoms with Gasteiger partial charge in [-0.1, -0.05) is 6.58 Å². The van der Waals surface area contributed by atoms with Gasteiger partial charge in [0.2, 0.25) is 0 Å². The number of nitrogens with one attached hydrogen (secondary N) is 1. The largest absolute Gasteiger partial charge is 0.507 e. The monoisotopic (exact) mass is 279 g/mol. The van der Waals surface area contributed by atoms with Crippen LogP contribution in [0, 0.1) is 0 Å². The summed E-state index contributed by atoms with van der Waals surface area (Å²) in [5, 5.41) is 21.0. The zero-order valence-electron chi connectivity index (χ0n) is 11.6. The molecule has 1 aromatic rings. The summed E-state index contributed by atoms with van der Waals surface area (Å²) < 4.78 is 5.05. The molecule has 108 valence electrons. The average molecular weight is 279 g/mol. The minimum absolute atomic E-state index is 0.0900. The van der Waals surface area contributed by atoms with Crippen LogP contribution in [0.15, 0.2) is 24.8 Å². The maximum atomic E-state index is 11.5. The summed E-state index contributed by atoms with van der Waals surface area (Å²) in [6, 6.07) is 4.04. The fourth-order valence-electron chi connectivity index (χ4n) is 1.40. The first kappa shape index (κ1) is 15.6. The van der Waals surface area contributed by atoms with Gasteiger partial charge >= 0.3 is 12.1 Å². The van der Waals surface area contributed by atoms with E-state index in [9.17, 15) is 14.7 Å². The summed E-state index contributed by atoms with van der Waals surface area (Å²) >= 11 is 0. The van der Waals surface area contributed by atoms with Crippen molar-refractivity contribution in [1.82, 2.24) is 0 Å². The summed E-state index contributed by atoms with van der Waals surface area (Å²) in [5.41, 5.74) is -0.485. The van der Waals surface area contributed by atoms with Crippen molar-refractivity contribution in [3.63, 3.8) is 0 Å². The Balaban J connectivity index is 2.86. The first-order valence-electron chi connectivity index (χ1n) is 5.86. The minimum Gasteiger partial charge on any atom is -0.507 e. The van der Waals surface area contributed by atoms with Crippen LogP contribution in [0.1, 0.15) is 26.3 Å². The van der Waals surface area contributed by atoms with Gasteiger partial charge in [-0.3, -0.25) is 5.32 Å². The molecule has 0 aliphatic rings. The maximum absolute atomic E-state index is 11.5. The van der Waals surface area contributed by atoms with Crippen molar-refractivity contribution in [3.8, 4) is 5.75 Å². The molecule has 20 heavy (non-hydrogen) atoms. The van der Waals surface area contributed by atoms with Gasteiger partial charge in [0.05, 0.1) is 5.57 Å². The van der Waals surface area contributed by atoms with Crippen molar-refractivity contribution in [2.45, 2.75) is 26.4 Å². The van der Waals surface area contributed by atoms with Crippen molar-refractivity contribution in [2.24, 2.45) is 0 Å². The van der Waals surface area contributed by atoms with Crippen LogP contribution >= 0.6 is 0 Å². The minimum atomic E-state index is -1.23. The number of anilines is 1. The third-order valence-corrected chi connectivity index (χ3v) is 2.23. The van der Waals surface area contributed by atoms with Crippen LogP contribution in [0.2, 0.25) is 0 Å². The van der Waals surface area contributed by atoms with E-state index in [1.165, 1.54) is 18.2 Å². The van der Waals surface area contributed by atoms with Crippen molar-refractivity contribution < 1.29 is 24.5 Å². The Kier molecular flexibility index (Phi) is 4.39. The van der Waals surface area contributed by atoms with Gasteiger partial charge in [0.25, 0.3) is 0 Å². The van der Waals surface area contributed by atoms with E-state index >= 15 is 0 Å². The Morgan fingerprint density at radius 2 is 1.90 bits per heavy atom. The topological polar surface area (TPSA) is 95.9 Å². The number of carbonyl (C=O) groups excluding carboxylic acids is 1. The number of aromatic hydroxyl groups is 1. The van der Waals surface area contributed by atoms with Gasteiger partial charge in [-0.2, -0.15) is 0 Å². The lowest BCUT2D eigenvalue weighted by molar-refractivity contribution is -0.130. The molecule has 0 radical (unpaired) electrons. The van der Waals surface area contributed by atoms with Gasteiger partial charge in [0.15, 0.2) is 0 Å². The number of phenolic OH excluding ortho intramolecular Hbond substituents is 1. The number of carboxylic acids is 1. The molecule has 0 bridgehead atoms. The predicted molar refractivity (Wildman–Crippen MR) is 74.6 cm³/mol. The molecule has 1 amide bonds. The molecule has 1 aromatic carbocycles. The molecule has 6 nitrogen and oxygen atoms in total. The van der Waals surface area contributed by atoms with Gasteiger partial charge in [0.1, 0.15) is 11.4 Å². The number of benzene rings is 1. The molecule has 0 aromatic heterocycles. The molecule has 0 fully saturated rings. The van der Waals surface area contributed by atoms with Crippen molar-refractivity contribution >= 4 is 23.3 Å². The normalized spacial score (nSPS) is 10.8. The molecule has 0 unspecified atom stereocenters.